The molecule has 1 amide bonds. The summed E-state index contributed by atoms with van der Waals surface area (Å²) in [6.45, 7) is 0.396. The van der Waals surface area contributed by atoms with Gasteiger partial charge in [0.15, 0.2) is 0 Å². The van der Waals surface area contributed by atoms with Crippen LogP contribution in [0.3, 0.4) is 0 Å². The van der Waals surface area contributed by atoms with Crippen LogP contribution in [0.25, 0.3) is 0 Å². The van der Waals surface area contributed by atoms with Crippen LogP contribution in [-0.2, 0) is 25.6 Å². The van der Waals surface area contributed by atoms with E-state index in [0.29, 0.717) is 17.8 Å². The number of carbonyl (C=O) groups is 3. The number of carbonyl (C=O) groups excluding carboxylic acids is 3. The summed E-state index contributed by atoms with van der Waals surface area (Å²) < 4.78 is 9.18. The highest BCUT2D eigenvalue weighted by Crippen LogP contribution is 2.18. The van der Waals surface area contributed by atoms with E-state index in [2.05, 4.69) is 20.1 Å². The van der Waals surface area contributed by atoms with Crippen LogP contribution in [0.5, 0.6) is 0 Å². The first-order chi connectivity index (χ1) is 12.5. The Morgan fingerprint density at radius 2 is 1.85 bits per heavy atom. The van der Waals surface area contributed by atoms with Gasteiger partial charge in [-0.1, -0.05) is 18.2 Å². The Bertz CT molecular complexity index is 815. The lowest BCUT2D eigenvalue weighted by atomic mass is 10.1. The zero-order valence-corrected chi connectivity index (χ0v) is 15.1. The first-order valence-electron chi connectivity index (χ1n) is 7.59. The average molecular weight is 374 g/mol. The minimum absolute atomic E-state index is 0.141. The molecule has 0 spiro atoms. The van der Waals surface area contributed by atoms with Crippen molar-refractivity contribution in [2.24, 2.45) is 0 Å². The van der Waals surface area contributed by atoms with Crippen molar-refractivity contribution in [2.75, 3.05) is 19.5 Å². The summed E-state index contributed by atoms with van der Waals surface area (Å²) in [5.74, 6) is -1.80. The summed E-state index contributed by atoms with van der Waals surface area (Å²) in [4.78, 5) is 36.8. The standard InChI is InChI=1S/C18H18N2O5S/c1-24-16(21)10-15(18(23)25-2)20-14-8-4-3-7-13(14)17(22)19-11-12-6-5-9-26-12/h3-10,20H,11H2,1-2H3,(H,19,22)/b15-10+. The molecule has 0 aliphatic heterocycles. The summed E-state index contributed by atoms with van der Waals surface area (Å²) in [5, 5.41) is 7.51. The highest BCUT2D eigenvalue weighted by molar-refractivity contribution is 7.09. The molecule has 0 aliphatic rings. The number of benzene rings is 1. The lowest BCUT2D eigenvalue weighted by Gasteiger charge is -2.13. The predicted molar refractivity (Wildman–Crippen MR) is 97.7 cm³/mol. The Balaban J connectivity index is 2.20. The van der Waals surface area contributed by atoms with Crippen molar-refractivity contribution in [2.45, 2.75) is 6.54 Å². The van der Waals surface area contributed by atoms with Gasteiger partial charge in [0.05, 0.1) is 38.1 Å². The quantitative estimate of drug-likeness (QED) is 0.571. The third-order valence-electron chi connectivity index (χ3n) is 3.31. The normalized spacial score (nSPS) is 10.8. The van der Waals surface area contributed by atoms with Crippen molar-refractivity contribution in [3.05, 3.63) is 64.0 Å². The highest BCUT2D eigenvalue weighted by Gasteiger charge is 2.17. The van der Waals surface area contributed by atoms with Crippen molar-refractivity contribution in [1.82, 2.24) is 5.32 Å². The van der Waals surface area contributed by atoms with E-state index >= 15 is 0 Å². The summed E-state index contributed by atoms with van der Waals surface area (Å²) in [6.07, 6.45) is 0.964. The maximum atomic E-state index is 12.5. The number of nitrogens with one attached hydrogen (secondary N) is 2. The summed E-state index contributed by atoms with van der Waals surface area (Å²) in [7, 11) is 2.38. The second kappa shape index (κ2) is 9.38. The van der Waals surface area contributed by atoms with Crippen LogP contribution in [0.4, 0.5) is 5.69 Å². The Hall–Kier alpha value is -3.13. The molecule has 0 unspecified atom stereocenters. The lowest BCUT2D eigenvalue weighted by Crippen LogP contribution is -2.24. The molecule has 0 radical (unpaired) electrons. The van der Waals surface area contributed by atoms with Gasteiger partial charge in [-0.15, -0.1) is 11.3 Å². The number of rotatable bonds is 7. The first-order valence-corrected chi connectivity index (χ1v) is 8.47. The molecule has 136 valence electrons. The van der Waals surface area contributed by atoms with Gasteiger partial charge >= 0.3 is 11.9 Å². The fourth-order valence-electron chi connectivity index (χ4n) is 2.04. The fraction of sp³-hybridized carbons (Fsp3) is 0.167. The van der Waals surface area contributed by atoms with E-state index in [4.69, 9.17) is 0 Å². The second-order valence-corrected chi connectivity index (χ2v) is 6.04. The van der Waals surface area contributed by atoms with Gasteiger partial charge in [0.1, 0.15) is 5.70 Å². The van der Waals surface area contributed by atoms with Crippen molar-refractivity contribution in [3.63, 3.8) is 0 Å². The van der Waals surface area contributed by atoms with Crippen molar-refractivity contribution >= 4 is 34.9 Å². The van der Waals surface area contributed by atoms with Crippen LogP contribution >= 0.6 is 11.3 Å². The molecule has 1 heterocycles. The van der Waals surface area contributed by atoms with Crippen molar-refractivity contribution in [1.29, 1.82) is 0 Å². The van der Waals surface area contributed by atoms with Crippen LogP contribution in [0.15, 0.2) is 53.6 Å². The number of amides is 1. The maximum Gasteiger partial charge on any atom is 0.354 e. The van der Waals surface area contributed by atoms with Crippen molar-refractivity contribution in [3.8, 4) is 0 Å². The van der Waals surface area contributed by atoms with Crippen LogP contribution in [0, 0.1) is 0 Å². The molecule has 0 saturated heterocycles. The first kappa shape index (κ1) is 19.2. The number of thiophene rings is 1. The Labute approximate surface area is 154 Å². The van der Waals surface area contributed by atoms with Crippen LogP contribution in [-0.4, -0.2) is 32.1 Å². The molecule has 1 aromatic heterocycles. The summed E-state index contributed by atoms with van der Waals surface area (Å²) >= 11 is 1.54. The monoisotopic (exact) mass is 374 g/mol. The number of anilines is 1. The zero-order valence-electron chi connectivity index (χ0n) is 14.3. The number of hydrogen-bond donors (Lipinski definition) is 2. The van der Waals surface area contributed by atoms with E-state index in [1.54, 1.807) is 24.3 Å². The number of para-hydroxylation sites is 1. The molecule has 0 saturated carbocycles. The van der Waals surface area contributed by atoms with E-state index in [1.165, 1.54) is 25.6 Å². The SMILES string of the molecule is COC(=O)/C=C(/Nc1ccccc1C(=O)NCc1cccs1)C(=O)OC. The van der Waals surface area contributed by atoms with E-state index in [0.717, 1.165) is 11.0 Å². The van der Waals surface area contributed by atoms with Gasteiger partial charge in [0, 0.05) is 4.88 Å². The molecule has 7 nitrogen and oxygen atoms in total. The Morgan fingerprint density at radius 1 is 1.08 bits per heavy atom. The Kier molecular flexibility index (Phi) is 6.92. The largest absolute Gasteiger partial charge is 0.466 e. The van der Waals surface area contributed by atoms with Gasteiger partial charge in [-0.25, -0.2) is 9.59 Å². The highest BCUT2D eigenvalue weighted by atomic mass is 32.1. The molecular weight excluding hydrogens is 356 g/mol. The molecule has 2 rings (SSSR count). The number of esters is 2. The van der Waals surface area contributed by atoms with Gasteiger partial charge in [0.2, 0.25) is 0 Å². The van der Waals surface area contributed by atoms with E-state index in [1.807, 2.05) is 17.5 Å². The summed E-state index contributed by atoms with van der Waals surface area (Å²) in [6, 6.07) is 10.5. The van der Waals surface area contributed by atoms with E-state index < -0.39 is 11.9 Å². The topological polar surface area (TPSA) is 93.7 Å². The van der Waals surface area contributed by atoms with Gasteiger partial charge in [-0.05, 0) is 23.6 Å². The lowest BCUT2D eigenvalue weighted by molar-refractivity contribution is -0.138. The van der Waals surface area contributed by atoms with Gasteiger partial charge in [0.25, 0.3) is 5.91 Å². The molecule has 2 aromatic rings. The third kappa shape index (κ3) is 5.18. The number of ether oxygens (including phenoxy) is 2. The minimum Gasteiger partial charge on any atom is -0.466 e. The minimum atomic E-state index is -0.760. The number of methoxy groups -OCH3 is 2. The summed E-state index contributed by atoms with van der Waals surface area (Å²) in [5.41, 5.74) is 0.540. The molecule has 8 heteroatoms. The molecule has 0 atom stereocenters. The molecule has 0 aliphatic carbocycles. The van der Waals surface area contributed by atoms with Gasteiger partial charge in [-0.2, -0.15) is 0 Å². The average Bonchev–Trinajstić information content (AvgIpc) is 3.18. The molecule has 1 aromatic carbocycles. The molecule has 26 heavy (non-hydrogen) atoms. The second-order valence-electron chi connectivity index (χ2n) is 5.01. The maximum absolute atomic E-state index is 12.5. The smallest absolute Gasteiger partial charge is 0.354 e. The van der Waals surface area contributed by atoms with Crippen molar-refractivity contribution < 1.29 is 23.9 Å². The third-order valence-corrected chi connectivity index (χ3v) is 4.19. The predicted octanol–water partition coefficient (Wildman–Crippen LogP) is 2.32. The van der Waals surface area contributed by atoms with Crippen LogP contribution in [0.2, 0.25) is 0 Å². The number of hydrogen-bond acceptors (Lipinski definition) is 7. The van der Waals surface area contributed by atoms with Gasteiger partial charge in [-0.3, -0.25) is 4.79 Å². The van der Waals surface area contributed by atoms with Crippen LogP contribution < -0.4 is 10.6 Å². The molecular formula is C18H18N2O5S. The fourth-order valence-corrected chi connectivity index (χ4v) is 2.69. The van der Waals surface area contributed by atoms with E-state index in [9.17, 15) is 14.4 Å². The molecule has 0 fully saturated rings. The van der Waals surface area contributed by atoms with Gasteiger partial charge < -0.3 is 20.1 Å². The molecule has 0 bridgehead atoms. The van der Waals surface area contributed by atoms with Crippen LogP contribution in [0.1, 0.15) is 15.2 Å². The molecule has 2 N–H and O–H groups in total. The zero-order chi connectivity index (χ0) is 18.9. The Morgan fingerprint density at radius 3 is 2.50 bits per heavy atom. The van der Waals surface area contributed by atoms with E-state index in [-0.39, 0.29) is 11.6 Å².